The number of nitrogens with two attached hydrogens (primary N) is 1. The van der Waals surface area contributed by atoms with Gasteiger partial charge in [-0.3, -0.25) is 4.79 Å². The Bertz CT molecular complexity index is 871. The van der Waals surface area contributed by atoms with Crippen molar-refractivity contribution in [2.24, 2.45) is 11.7 Å². The van der Waals surface area contributed by atoms with Gasteiger partial charge in [-0.25, -0.2) is 0 Å². The van der Waals surface area contributed by atoms with Crippen molar-refractivity contribution < 1.29 is 50.3 Å². The summed E-state index contributed by atoms with van der Waals surface area (Å²) in [7, 11) is 0. The number of nitrogens with zero attached hydrogens (tertiary/aromatic N) is 1. The van der Waals surface area contributed by atoms with Crippen molar-refractivity contribution in [2.75, 3.05) is 13.1 Å². The second kappa shape index (κ2) is 16.2. The minimum absolute atomic E-state index is 0. The van der Waals surface area contributed by atoms with Crippen molar-refractivity contribution in [3.8, 4) is 0 Å². The molecule has 0 aliphatic heterocycles. The molecule has 5 nitrogen and oxygen atoms in total. The molecule has 2 atom stereocenters. The molecule has 0 aliphatic carbocycles. The molecule has 0 amide bonds. The second-order valence-corrected chi connectivity index (χ2v) is 8.56. The number of hydrogen-bond donors (Lipinski definition) is 3. The number of hydrogen-bond acceptors (Lipinski definition) is 3. The quantitative estimate of drug-likeness (QED) is 0.263. The molecular formula is C27H37N3O2Sm-2. The minimum Gasteiger partial charge on any atom is -0.658 e. The van der Waals surface area contributed by atoms with Gasteiger partial charge >= 0.3 is 5.97 Å². The Morgan fingerprint density at radius 3 is 2.76 bits per heavy atom. The number of aryl methyl sites for hydroxylation is 1. The van der Waals surface area contributed by atoms with Crippen molar-refractivity contribution in [2.45, 2.75) is 58.9 Å². The maximum atomic E-state index is 11.5. The van der Waals surface area contributed by atoms with E-state index in [1.807, 2.05) is 37.4 Å². The SMILES string of the molecule is CCN/C=C(\N)CCC(CC(=O)O)c1ccc(C)c(C[N-]C[C@H](C)Cc2[c-]cccc2)c1.[Sm]. The standard InChI is InChI=1S/C27H37N3O2.Sm/c1-4-29-19-26(28)13-12-24(16-27(31)32)23-11-10-21(3)25(15-23)18-30-17-20(2)14-22-8-6-5-7-9-22;/h5-8,10-11,15,19-20,24,29H,4,12-14,16-18,28H2,1-3H3,(H,31,32);/q-2;/b26-19-;/t20-,24?;/m1./s1. The van der Waals surface area contributed by atoms with Gasteiger partial charge in [-0.2, -0.15) is 35.9 Å². The number of carboxylic acid groups (broad SMARTS) is 1. The van der Waals surface area contributed by atoms with E-state index in [4.69, 9.17) is 11.1 Å². The maximum absolute atomic E-state index is 11.5. The van der Waals surface area contributed by atoms with Gasteiger partial charge < -0.3 is 21.5 Å². The van der Waals surface area contributed by atoms with Gasteiger partial charge in [-0.15, -0.1) is 13.1 Å². The molecule has 6 heteroatoms. The number of carbonyl (C=O) groups is 1. The molecule has 0 saturated heterocycles. The zero-order chi connectivity index (χ0) is 23.3. The Kier molecular flexibility index (Phi) is 14.5. The van der Waals surface area contributed by atoms with Gasteiger partial charge in [0, 0.05) is 58.8 Å². The molecule has 33 heavy (non-hydrogen) atoms. The van der Waals surface area contributed by atoms with Crippen molar-refractivity contribution in [1.29, 1.82) is 0 Å². The number of allylic oxidation sites excluding steroid dienone is 1. The van der Waals surface area contributed by atoms with E-state index in [1.165, 1.54) is 11.1 Å². The molecule has 0 heterocycles. The van der Waals surface area contributed by atoms with Gasteiger partial charge in [0.1, 0.15) is 0 Å². The third-order valence-electron chi connectivity index (χ3n) is 5.60. The molecule has 2 aromatic rings. The number of rotatable bonds is 14. The Morgan fingerprint density at radius 1 is 1.30 bits per heavy atom. The molecule has 0 radical (unpaired) electrons. The Morgan fingerprint density at radius 2 is 2.09 bits per heavy atom. The molecule has 0 bridgehead atoms. The summed E-state index contributed by atoms with van der Waals surface area (Å²) in [6, 6.07) is 17.6. The smallest absolute Gasteiger partial charge is 0.303 e. The van der Waals surface area contributed by atoms with Crippen LogP contribution in [-0.2, 0) is 17.8 Å². The van der Waals surface area contributed by atoms with Crippen LogP contribution < -0.4 is 11.1 Å². The van der Waals surface area contributed by atoms with E-state index in [0.29, 0.717) is 25.3 Å². The molecule has 2 rings (SSSR count). The van der Waals surface area contributed by atoms with E-state index in [2.05, 4.69) is 43.4 Å². The van der Waals surface area contributed by atoms with Crippen molar-refractivity contribution >= 4 is 5.97 Å². The van der Waals surface area contributed by atoms with Crippen molar-refractivity contribution in [1.82, 2.24) is 5.32 Å². The molecule has 4 N–H and O–H groups in total. The van der Waals surface area contributed by atoms with E-state index in [9.17, 15) is 9.90 Å². The van der Waals surface area contributed by atoms with Crippen LogP contribution in [-0.4, -0.2) is 24.2 Å². The summed E-state index contributed by atoms with van der Waals surface area (Å²) >= 11 is 0. The summed E-state index contributed by atoms with van der Waals surface area (Å²) in [4.78, 5) is 11.5. The van der Waals surface area contributed by atoms with Crippen LogP contribution in [0.3, 0.4) is 0 Å². The molecule has 0 aromatic heterocycles. The van der Waals surface area contributed by atoms with Crippen LogP contribution in [0.15, 0.2) is 54.4 Å². The van der Waals surface area contributed by atoms with E-state index >= 15 is 0 Å². The fourth-order valence-corrected chi connectivity index (χ4v) is 3.76. The molecule has 2 aromatic carbocycles. The van der Waals surface area contributed by atoms with Crippen LogP contribution in [0.4, 0.5) is 0 Å². The van der Waals surface area contributed by atoms with Crippen LogP contribution in [0.1, 0.15) is 61.3 Å². The average Bonchev–Trinajstić information content (AvgIpc) is 2.77. The Labute approximate surface area is 231 Å². The predicted octanol–water partition coefficient (Wildman–Crippen LogP) is 5.30. The van der Waals surface area contributed by atoms with Gasteiger partial charge in [0.15, 0.2) is 0 Å². The molecular weight excluding hydrogens is 549 g/mol. The normalized spacial score (nSPS) is 13.1. The Balaban J connectivity index is 0.00000544. The van der Waals surface area contributed by atoms with E-state index < -0.39 is 5.97 Å². The number of carboxylic acids is 1. The fraction of sp³-hybridized carbons (Fsp3) is 0.444. The second-order valence-electron chi connectivity index (χ2n) is 8.56. The number of nitrogens with one attached hydrogen (secondary N) is 1. The minimum atomic E-state index is -0.789. The fourth-order valence-electron chi connectivity index (χ4n) is 3.76. The van der Waals surface area contributed by atoms with Gasteiger partial charge in [0.05, 0.1) is 6.42 Å². The molecule has 180 valence electrons. The molecule has 1 unspecified atom stereocenters. The van der Waals surface area contributed by atoms with Crippen LogP contribution in [0, 0.1) is 59.3 Å². The number of aliphatic carboxylic acids is 1. The van der Waals surface area contributed by atoms with Crippen LogP contribution in [0.2, 0.25) is 0 Å². The van der Waals surface area contributed by atoms with Crippen LogP contribution >= 0.6 is 0 Å². The first kappa shape index (κ1) is 29.6. The van der Waals surface area contributed by atoms with Crippen molar-refractivity contribution in [3.05, 3.63) is 88.0 Å². The third-order valence-corrected chi connectivity index (χ3v) is 5.60. The topological polar surface area (TPSA) is 89.4 Å². The first-order valence-electron chi connectivity index (χ1n) is 11.5. The maximum Gasteiger partial charge on any atom is 0.303 e. The summed E-state index contributed by atoms with van der Waals surface area (Å²) < 4.78 is 0. The van der Waals surface area contributed by atoms with E-state index in [1.54, 1.807) is 0 Å². The summed E-state index contributed by atoms with van der Waals surface area (Å²) in [5.41, 5.74) is 11.4. The van der Waals surface area contributed by atoms with Crippen LogP contribution in [0.5, 0.6) is 0 Å². The van der Waals surface area contributed by atoms with Gasteiger partial charge in [-0.1, -0.05) is 36.6 Å². The van der Waals surface area contributed by atoms with Crippen molar-refractivity contribution in [3.63, 3.8) is 0 Å². The molecule has 0 fully saturated rings. The predicted molar refractivity (Wildman–Crippen MR) is 131 cm³/mol. The number of benzene rings is 2. The summed E-state index contributed by atoms with van der Waals surface area (Å²) in [6.07, 6.45) is 4.23. The molecule has 0 aliphatic rings. The van der Waals surface area contributed by atoms with E-state index in [-0.39, 0.29) is 52.7 Å². The van der Waals surface area contributed by atoms with E-state index in [0.717, 1.165) is 36.3 Å². The summed E-state index contributed by atoms with van der Waals surface area (Å²) in [5, 5.41) is 17.3. The molecule has 0 saturated carbocycles. The van der Waals surface area contributed by atoms with Gasteiger partial charge in [-0.05, 0) is 50.2 Å². The largest absolute Gasteiger partial charge is 0.658 e. The van der Waals surface area contributed by atoms with Crippen LogP contribution in [0.25, 0.3) is 5.32 Å². The average molecular weight is 586 g/mol. The van der Waals surface area contributed by atoms with Gasteiger partial charge in [0.2, 0.25) is 0 Å². The monoisotopic (exact) mass is 587 g/mol. The Hall–Kier alpha value is -1.45. The molecule has 0 spiro atoms. The summed E-state index contributed by atoms with van der Waals surface area (Å²) in [5.74, 6) is -0.418. The first-order chi connectivity index (χ1) is 15.4. The first-order valence-corrected chi connectivity index (χ1v) is 11.5. The third kappa shape index (κ3) is 11.5. The van der Waals surface area contributed by atoms with Gasteiger partial charge in [0.25, 0.3) is 0 Å². The zero-order valence-electron chi connectivity index (χ0n) is 20.0. The zero-order valence-corrected chi connectivity index (χ0v) is 22.6. The summed E-state index contributed by atoms with van der Waals surface area (Å²) in [6.45, 7) is 8.55.